The number of halogens is 1. The van der Waals surface area contributed by atoms with Crippen molar-refractivity contribution in [1.82, 2.24) is 15.5 Å². The van der Waals surface area contributed by atoms with Crippen LogP contribution in [-0.2, 0) is 16.1 Å². The van der Waals surface area contributed by atoms with Gasteiger partial charge in [0.1, 0.15) is 5.75 Å². The molecule has 6 nitrogen and oxygen atoms in total. The van der Waals surface area contributed by atoms with E-state index in [0.717, 1.165) is 37.1 Å². The highest BCUT2D eigenvalue weighted by molar-refractivity contribution is 5.85. The summed E-state index contributed by atoms with van der Waals surface area (Å²) in [6.07, 6.45) is 2.92. The SMILES string of the molecule is CNCCCC(=O)N1CCC(C(=O)NCc2ccc(OC)cc2)CC1.Cl. The summed E-state index contributed by atoms with van der Waals surface area (Å²) in [4.78, 5) is 26.3. The molecule has 26 heavy (non-hydrogen) atoms. The van der Waals surface area contributed by atoms with Crippen LogP contribution in [0.4, 0.5) is 0 Å². The molecule has 2 rings (SSSR count). The summed E-state index contributed by atoms with van der Waals surface area (Å²) < 4.78 is 5.13. The van der Waals surface area contributed by atoms with Crippen LogP contribution in [0.25, 0.3) is 0 Å². The Morgan fingerprint density at radius 3 is 2.42 bits per heavy atom. The molecule has 0 bridgehead atoms. The first-order valence-corrected chi connectivity index (χ1v) is 8.97. The summed E-state index contributed by atoms with van der Waals surface area (Å²) in [5.74, 6) is 1.09. The van der Waals surface area contributed by atoms with Crippen molar-refractivity contribution in [3.63, 3.8) is 0 Å². The molecular formula is C19H30ClN3O3. The van der Waals surface area contributed by atoms with Crippen LogP contribution in [0.3, 0.4) is 0 Å². The Balaban J connectivity index is 0.00000338. The van der Waals surface area contributed by atoms with Crippen LogP contribution in [0.1, 0.15) is 31.2 Å². The van der Waals surface area contributed by atoms with Gasteiger partial charge in [-0.1, -0.05) is 12.1 Å². The molecule has 0 saturated carbocycles. The summed E-state index contributed by atoms with van der Waals surface area (Å²) >= 11 is 0. The van der Waals surface area contributed by atoms with Crippen LogP contribution in [0.2, 0.25) is 0 Å². The fourth-order valence-corrected chi connectivity index (χ4v) is 3.04. The number of methoxy groups -OCH3 is 1. The number of amides is 2. The number of hydrogen-bond donors (Lipinski definition) is 2. The third kappa shape index (κ3) is 6.84. The highest BCUT2D eigenvalue weighted by Gasteiger charge is 2.26. The van der Waals surface area contributed by atoms with Crippen LogP contribution >= 0.6 is 12.4 Å². The standard InChI is InChI=1S/C19H29N3O3.ClH/c1-20-11-3-4-18(23)22-12-9-16(10-13-22)19(24)21-14-15-5-7-17(25-2)8-6-15;/h5-8,16,20H,3-4,9-14H2,1-2H3,(H,21,24);1H. The van der Waals surface area contributed by atoms with E-state index in [-0.39, 0.29) is 30.1 Å². The normalized spacial score (nSPS) is 14.5. The minimum Gasteiger partial charge on any atom is -0.497 e. The van der Waals surface area contributed by atoms with Gasteiger partial charge in [-0.05, 0) is 50.6 Å². The van der Waals surface area contributed by atoms with Crippen LogP contribution in [0.5, 0.6) is 5.75 Å². The van der Waals surface area contributed by atoms with Crippen LogP contribution < -0.4 is 15.4 Å². The van der Waals surface area contributed by atoms with E-state index in [1.165, 1.54) is 0 Å². The second-order valence-corrected chi connectivity index (χ2v) is 6.43. The molecule has 1 aromatic carbocycles. The monoisotopic (exact) mass is 383 g/mol. The highest BCUT2D eigenvalue weighted by Crippen LogP contribution is 2.19. The number of hydrogen-bond acceptors (Lipinski definition) is 4. The van der Waals surface area contributed by atoms with E-state index in [1.54, 1.807) is 7.11 Å². The van der Waals surface area contributed by atoms with E-state index in [1.807, 2.05) is 36.2 Å². The molecule has 0 atom stereocenters. The van der Waals surface area contributed by atoms with E-state index >= 15 is 0 Å². The fraction of sp³-hybridized carbons (Fsp3) is 0.579. The third-order valence-electron chi connectivity index (χ3n) is 4.66. The largest absolute Gasteiger partial charge is 0.497 e. The Bertz CT molecular complexity index is 558. The van der Waals surface area contributed by atoms with Crippen LogP contribution in [0.15, 0.2) is 24.3 Å². The number of piperidine rings is 1. The topological polar surface area (TPSA) is 70.7 Å². The fourth-order valence-electron chi connectivity index (χ4n) is 3.04. The van der Waals surface area contributed by atoms with E-state index in [9.17, 15) is 9.59 Å². The summed E-state index contributed by atoms with van der Waals surface area (Å²) in [7, 11) is 3.52. The van der Waals surface area contributed by atoms with Gasteiger partial charge < -0.3 is 20.3 Å². The molecule has 1 aliphatic rings. The Hall–Kier alpha value is -1.79. The molecule has 0 aliphatic carbocycles. The zero-order chi connectivity index (χ0) is 18.1. The first-order chi connectivity index (χ1) is 12.1. The predicted octanol–water partition coefficient (Wildman–Crippen LogP) is 1.97. The molecular weight excluding hydrogens is 354 g/mol. The zero-order valence-electron chi connectivity index (χ0n) is 15.6. The van der Waals surface area contributed by atoms with Gasteiger partial charge in [-0.15, -0.1) is 12.4 Å². The summed E-state index contributed by atoms with van der Waals surface area (Å²) in [5.41, 5.74) is 1.05. The van der Waals surface area contributed by atoms with Gasteiger partial charge in [0.05, 0.1) is 7.11 Å². The Labute approximate surface area is 162 Å². The molecule has 0 spiro atoms. The molecule has 0 unspecified atom stereocenters. The lowest BCUT2D eigenvalue weighted by Gasteiger charge is -2.31. The summed E-state index contributed by atoms with van der Waals surface area (Å²) in [6.45, 7) is 2.74. The smallest absolute Gasteiger partial charge is 0.223 e. The van der Waals surface area contributed by atoms with Gasteiger partial charge in [0.25, 0.3) is 0 Å². The first kappa shape index (κ1) is 22.3. The summed E-state index contributed by atoms with van der Waals surface area (Å²) in [6, 6.07) is 7.68. The molecule has 0 radical (unpaired) electrons. The zero-order valence-corrected chi connectivity index (χ0v) is 16.4. The molecule has 2 amide bonds. The minimum absolute atomic E-state index is 0. The molecule has 146 valence electrons. The maximum atomic E-state index is 12.3. The average Bonchev–Trinajstić information content (AvgIpc) is 2.66. The molecule has 1 aromatic rings. The summed E-state index contributed by atoms with van der Waals surface area (Å²) in [5, 5.41) is 6.05. The van der Waals surface area contributed by atoms with Crippen molar-refractivity contribution < 1.29 is 14.3 Å². The first-order valence-electron chi connectivity index (χ1n) is 8.97. The van der Waals surface area contributed by atoms with E-state index < -0.39 is 0 Å². The maximum Gasteiger partial charge on any atom is 0.223 e. The number of carbonyl (C=O) groups is 2. The lowest BCUT2D eigenvalue weighted by atomic mass is 9.95. The van der Waals surface area contributed by atoms with Gasteiger partial charge in [0.15, 0.2) is 0 Å². The van der Waals surface area contributed by atoms with Crippen molar-refractivity contribution >= 4 is 24.2 Å². The molecule has 1 heterocycles. The second-order valence-electron chi connectivity index (χ2n) is 6.43. The van der Waals surface area contributed by atoms with Gasteiger partial charge in [-0.3, -0.25) is 9.59 Å². The number of nitrogens with one attached hydrogen (secondary N) is 2. The van der Waals surface area contributed by atoms with Crippen molar-refractivity contribution in [3.05, 3.63) is 29.8 Å². The van der Waals surface area contributed by atoms with E-state index in [2.05, 4.69) is 10.6 Å². The van der Waals surface area contributed by atoms with Crippen molar-refractivity contribution in [1.29, 1.82) is 0 Å². The van der Waals surface area contributed by atoms with E-state index in [4.69, 9.17) is 4.74 Å². The van der Waals surface area contributed by atoms with Gasteiger partial charge in [0.2, 0.25) is 11.8 Å². The molecule has 1 saturated heterocycles. The second kappa shape index (κ2) is 11.8. The van der Waals surface area contributed by atoms with E-state index in [0.29, 0.717) is 26.1 Å². The number of rotatable bonds is 8. The molecule has 1 aliphatic heterocycles. The Morgan fingerprint density at radius 1 is 1.19 bits per heavy atom. The van der Waals surface area contributed by atoms with Crippen molar-refractivity contribution in [2.75, 3.05) is 33.8 Å². The predicted molar refractivity (Wildman–Crippen MR) is 105 cm³/mol. The van der Waals surface area contributed by atoms with Crippen molar-refractivity contribution in [2.24, 2.45) is 5.92 Å². The van der Waals surface area contributed by atoms with Gasteiger partial charge >= 0.3 is 0 Å². The molecule has 1 fully saturated rings. The highest BCUT2D eigenvalue weighted by atomic mass is 35.5. The minimum atomic E-state index is -0.000364. The Kier molecular flexibility index (Phi) is 10.1. The lowest BCUT2D eigenvalue weighted by Crippen LogP contribution is -2.43. The average molecular weight is 384 g/mol. The number of ether oxygens (including phenoxy) is 1. The van der Waals surface area contributed by atoms with Crippen molar-refractivity contribution in [3.8, 4) is 5.75 Å². The number of carbonyl (C=O) groups excluding carboxylic acids is 2. The van der Waals surface area contributed by atoms with Gasteiger partial charge in [-0.2, -0.15) is 0 Å². The maximum absolute atomic E-state index is 12.3. The van der Waals surface area contributed by atoms with Crippen molar-refractivity contribution in [2.45, 2.75) is 32.2 Å². The quantitative estimate of drug-likeness (QED) is 0.673. The molecule has 0 aromatic heterocycles. The third-order valence-corrected chi connectivity index (χ3v) is 4.66. The molecule has 2 N–H and O–H groups in total. The van der Waals surface area contributed by atoms with Crippen LogP contribution in [0, 0.1) is 5.92 Å². The van der Waals surface area contributed by atoms with Gasteiger partial charge in [0, 0.05) is 32.0 Å². The number of benzene rings is 1. The molecule has 7 heteroatoms. The van der Waals surface area contributed by atoms with Gasteiger partial charge in [-0.25, -0.2) is 0 Å². The van der Waals surface area contributed by atoms with Crippen LogP contribution in [-0.4, -0.2) is 50.5 Å². The Morgan fingerprint density at radius 2 is 1.85 bits per heavy atom. The lowest BCUT2D eigenvalue weighted by molar-refractivity contribution is -0.135. The number of likely N-dealkylation sites (tertiary alicyclic amines) is 1. The number of nitrogens with zero attached hydrogens (tertiary/aromatic N) is 1.